The summed E-state index contributed by atoms with van der Waals surface area (Å²) in [6, 6.07) is 10.9. The first-order valence-electron chi connectivity index (χ1n) is 11.4. The van der Waals surface area contributed by atoms with E-state index in [9.17, 15) is 4.79 Å². The van der Waals surface area contributed by atoms with Gasteiger partial charge in [0.25, 0.3) is 0 Å². The fourth-order valence-electron chi connectivity index (χ4n) is 4.91. The van der Waals surface area contributed by atoms with Gasteiger partial charge in [-0.15, -0.1) is 24.0 Å². The first-order valence-corrected chi connectivity index (χ1v) is 11.4. The van der Waals surface area contributed by atoms with Crippen molar-refractivity contribution in [1.82, 2.24) is 25.0 Å². The molecular weight excluding hydrogens is 503 g/mol. The summed E-state index contributed by atoms with van der Waals surface area (Å²) in [6.45, 7) is 3.10. The third-order valence-electron chi connectivity index (χ3n) is 6.64. The molecule has 2 heterocycles. The average molecular weight is 538 g/mol. The van der Waals surface area contributed by atoms with Crippen LogP contribution in [0, 0.1) is 0 Å². The minimum atomic E-state index is 0. The van der Waals surface area contributed by atoms with Gasteiger partial charge in [-0.2, -0.15) is 5.10 Å². The number of fused-ring (bicyclic) bond motifs is 1. The molecule has 0 amide bonds. The fourth-order valence-corrected chi connectivity index (χ4v) is 4.91. The number of guanidine groups is 1. The second-order valence-electron chi connectivity index (χ2n) is 8.59. The maximum atomic E-state index is 12.4. The highest BCUT2D eigenvalue weighted by molar-refractivity contribution is 14.0. The second-order valence-corrected chi connectivity index (χ2v) is 8.59. The summed E-state index contributed by atoms with van der Waals surface area (Å²) < 4.78 is 3.46. The lowest BCUT2D eigenvalue weighted by molar-refractivity contribution is 0.431. The normalized spacial score (nSPS) is 17.6. The van der Waals surface area contributed by atoms with Crippen molar-refractivity contribution in [1.29, 1.82) is 0 Å². The molecule has 0 bridgehead atoms. The molecule has 0 unspecified atom stereocenters. The molecular formula is C23H35IN6O. The quantitative estimate of drug-likeness (QED) is 0.246. The number of rotatable bonds is 7. The van der Waals surface area contributed by atoms with E-state index in [1.807, 2.05) is 11.6 Å². The van der Waals surface area contributed by atoms with Gasteiger partial charge in [-0.25, -0.2) is 9.48 Å². The maximum Gasteiger partial charge on any atom is 0.345 e. The molecule has 1 saturated carbocycles. The number of aliphatic imine (C=N–C) groups is 1. The van der Waals surface area contributed by atoms with Crippen LogP contribution in [0.3, 0.4) is 0 Å². The van der Waals surface area contributed by atoms with Gasteiger partial charge >= 0.3 is 5.69 Å². The second kappa shape index (κ2) is 11.2. The van der Waals surface area contributed by atoms with E-state index >= 15 is 0 Å². The largest absolute Gasteiger partial charge is 0.356 e. The summed E-state index contributed by atoms with van der Waals surface area (Å²) in [4.78, 5) is 16.8. The highest BCUT2D eigenvalue weighted by Gasteiger charge is 2.35. The fraction of sp³-hybridized carbons (Fsp3) is 0.609. The van der Waals surface area contributed by atoms with Gasteiger partial charge in [-0.1, -0.05) is 43.2 Å². The molecule has 1 aliphatic heterocycles. The van der Waals surface area contributed by atoms with E-state index in [2.05, 4.69) is 51.1 Å². The summed E-state index contributed by atoms with van der Waals surface area (Å²) in [7, 11) is 1.81. The molecule has 0 radical (unpaired) electrons. The van der Waals surface area contributed by atoms with Crippen LogP contribution in [0.15, 0.2) is 40.1 Å². The Balaban J connectivity index is 0.00000272. The maximum absolute atomic E-state index is 12.4. The van der Waals surface area contributed by atoms with Crippen molar-refractivity contribution in [3.8, 4) is 0 Å². The van der Waals surface area contributed by atoms with Crippen molar-refractivity contribution >= 4 is 29.9 Å². The minimum Gasteiger partial charge on any atom is -0.356 e. The third-order valence-corrected chi connectivity index (χ3v) is 6.64. The monoisotopic (exact) mass is 538 g/mol. The van der Waals surface area contributed by atoms with Crippen LogP contribution in [0.5, 0.6) is 0 Å². The van der Waals surface area contributed by atoms with Crippen LogP contribution in [0.4, 0.5) is 0 Å². The van der Waals surface area contributed by atoms with Gasteiger partial charge in [0.05, 0.1) is 0 Å². The summed E-state index contributed by atoms with van der Waals surface area (Å²) >= 11 is 0. The molecule has 1 aromatic heterocycles. The van der Waals surface area contributed by atoms with Crippen molar-refractivity contribution in [2.45, 2.75) is 69.9 Å². The van der Waals surface area contributed by atoms with Gasteiger partial charge in [0.2, 0.25) is 0 Å². The van der Waals surface area contributed by atoms with Crippen LogP contribution in [0.1, 0.15) is 56.3 Å². The lowest BCUT2D eigenvalue weighted by Gasteiger charge is -2.30. The van der Waals surface area contributed by atoms with Gasteiger partial charge in [-0.05, 0) is 37.7 Å². The van der Waals surface area contributed by atoms with Crippen LogP contribution in [0.25, 0.3) is 0 Å². The molecule has 4 rings (SSSR count). The zero-order valence-corrected chi connectivity index (χ0v) is 20.8. The van der Waals surface area contributed by atoms with Crippen molar-refractivity contribution in [2.75, 3.05) is 20.1 Å². The van der Waals surface area contributed by atoms with Crippen LogP contribution in [-0.4, -0.2) is 40.4 Å². The van der Waals surface area contributed by atoms with Crippen LogP contribution in [0.2, 0.25) is 0 Å². The Morgan fingerprint density at radius 2 is 1.90 bits per heavy atom. The molecule has 1 aliphatic carbocycles. The molecule has 0 atom stereocenters. The van der Waals surface area contributed by atoms with E-state index < -0.39 is 0 Å². The molecule has 0 spiro atoms. The standard InChI is InChI=1S/C23H34N6O.HI/c1-24-21(26-18-23(13-6-7-14-23)19-10-3-2-4-11-19)25-15-9-17-29-22(30)28-16-8-5-12-20(28)27-29;/h2-4,10-11H,5-9,12-18H2,1H3,(H2,24,25,26);1H. The summed E-state index contributed by atoms with van der Waals surface area (Å²) in [5, 5.41) is 11.5. The Kier molecular flexibility index (Phi) is 8.57. The predicted octanol–water partition coefficient (Wildman–Crippen LogP) is 3.07. The van der Waals surface area contributed by atoms with Gasteiger partial charge < -0.3 is 10.6 Å². The average Bonchev–Trinajstić information content (AvgIpc) is 3.40. The van der Waals surface area contributed by atoms with Crippen LogP contribution >= 0.6 is 24.0 Å². The number of hydrogen-bond acceptors (Lipinski definition) is 3. The Bertz CT molecular complexity index is 914. The van der Waals surface area contributed by atoms with Gasteiger partial charge in [0.1, 0.15) is 5.82 Å². The Morgan fingerprint density at radius 3 is 2.61 bits per heavy atom. The number of aryl methyl sites for hydroxylation is 2. The van der Waals surface area contributed by atoms with Crippen molar-refractivity contribution in [3.63, 3.8) is 0 Å². The molecule has 8 heteroatoms. The Hall–Kier alpha value is -1.84. The summed E-state index contributed by atoms with van der Waals surface area (Å²) in [6.07, 6.45) is 8.96. The van der Waals surface area contributed by atoms with Crippen LogP contribution < -0.4 is 16.3 Å². The first-order chi connectivity index (χ1) is 14.7. The molecule has 31 heavy (non-hydrogen) atoms. The molecule has 7 nitrogen and oxygen atoms in total. The summed E-state index contributed by atoms with van der Waals surface area (Å²) in [5.41, 5.74) is 1.66. The van der Waals surface area contributed by atoms with Gasteiger partial charge in [0, 0.05) is 45.1 Å². The van der Waals surface area contributed by atoms with Crippen LogP contribution in [-0.2, 0) is 24.9 Å². The van der Waals surface area contributed by atoms with Crippen molar-refractivity contribution < 1.29 is 0 Å². The number of hydrogen-bond donors (Lipinski definition) is 2. The van der Waals surface area contributed by atoms with Gasteiger partial charge in [0.15, 0.2) is 5.96 Å². The number of aromatic nitrogens is 3. The van der Waals surface area contributed by atoms with E-state index in [0.29, 0.717) is 6.54 Å². The molecule has 1 aromatic carbocycles. The molecule has 2 aromatic rings. The smallest absolute Gasteiger partial charge is 0.345 e. The molecule has 2 N–H and O–H groups in total. The number of halogens is 1. The number of benzene rings is 1. The lowest BCUT2D eigenvalue weighted by Crippen LogP contribution is -2.45. The SMILES string of the molecule is CN=C(NCCCn1nc2n(c1=O)CCCC2)NCC1(c2ccccc2)CCCC1.I. The summed E-state index contributed by atoms with van der Waals surface area (Å²) in [5.74, 6) is 1.77. The number of nitrogens with one attached hydrogen (secondary N) is 2. The van der Waals surface area contributed by atoms with E-state index in [1.54, 1.807) is 4.68 Å². The van der Waals surface area contributed by atoms with Gasteiger partial charge in [-0.3, -0.25) is 9.56 Å². The van der Waals surface area contributed by atoms with E-state index in [0.717, 1.165) is 57.1 Å². The Labute approximate surface area is 201 Å². The molecule has 170 valence electrons. The van der Waals surface area contributed by atoms with Crippen molar-refractivity contribution in [2.24, 2.45) is 4.99 Å². The molecule has 1 fully saturated rings. The Morgan fingerprint density at radius 1 is 1.13 bits per heavy atom. The molecule has 2 aliphatic rings. The first kappa shape index (κ1) is 23.8. The predicted molar refractivity (Wildman–Crippen MR) is 135 cm³/mol. The minimum absolute atomic E-state index is 0. The number of nitrogens with zero attached hydrogens (tertiary/aromatic N) is 4. The van der Waals surface area contributed by atoms with E-state index in [4.69, 9.17) is 0 Å². The zero-order valence-electron chi connectivity index (χ0n) is 18.5. The topological polar surface area (TPSA) is 76.2 Å². The highest BCUT2D eigenvalue weighted by Crippen LogP contribution is 2.40. The molecule has 0 saturated heterocycles. The third kappa shape index (κ3) is 5.51. The lowest BCUT2D eigenvalue weighted by atomic mass is 9.79. The van der Waals surface area contributed by atoms with E-state index in [-0.39, 0.29) is 35.1 Å². The highest BCUT2D eigenvalue weighted by atomic mass is 127. The van der Waals surface area contributed by atoms with Crippen molar-refractivity contribution in [3.05, 3.63) is 52.2 Å². The van der Waals surface area contributed by atoms with E-state index in [1.165, 1.54) is 31.2 Å². The zero-order chi connectivity index (χ0) is 20.8.